The predicted octanol–water partition coefficient (Wildman–Crippen LogP) is -4.45. The van der Waals surface area contributed by atoms with Crippen molar-refractivity contribution in [1.29, 1.82) is 0 Å². The van der Waals surface area contributed by atoms with Crippen LogP contribution >= 0.6 is 24.8 Å². The standard InChI is InChI=1S/C8H23N5.CH3NS2.H2N.Na/c9-1-3-11-5-7-13-8-6-12-4-2-10;2-1(3)4;;/h11-13H,1-10H2;(H3,2,3,4);1H2;/q;;-1;+1. The van der Waals surface area contributed by atoms with E-state index in [9.17, 15) is 0 Å². The number of rotatable bonds is 10. The van der Waals surface area contributed by atoms with Crippen molar-refractivity contribution in [2.45, 2.75) is 0 Å². The Labute approximate surface area is 149 Å². The third-order valence-corrected chi connectivity index (χ3v) is 1.60. The van der Waals surface area contributed by atoms with Crippen molar-refractivity contribution >= 4 is 29.2 Å². The number of thiol groups is 1. The second-order valence-electron chi connectivity index (χ2n) is 3.17. The van der Waals surface area contributed by atoms with E-state index in [4.69, 9.17) is 17.2 Å². The van der Waals surface area contributed by atoms with Gasteiger partial charge in [0.2, 0.25) is 0 Å². The van der Waals surface area contributed by atoms with Crippen molar-refractivity contribution < 1.29 is 29.6 Å². The predicted molar refractivity (Wildman–Crippen MR) is 87.8 cm³/mol. The van der Waals surface area contributed by atoms with E-state index in [0.717, 1.165) is 39.3 Å². The van der Waals surface area contributed by atoms with Gasteiger partial charge in [-0.1, -0.05) is 12.2 Å². The molecule has 0 saturated heterocycles. The van der Waals surface area contributed by atoms with Crippen LogP contribution in [0.4, 0.5) is 0 Å². The molecule has 0 aliphatic carbocycles. The first-order valence-electron chi connectivity index (χ1n) is 5.65. The number of thiocarbonyl (C=S) groups is 1. The molecule has 0 aliphatic heterocycles. The molecule has 0 rings (SSSR count). The molecule has 19 heavy (non-hydrogen) atoms. The fraction of sp³-hybridized carbons (Fsp3) is 0.889. The number of hydrogen-bond acceptors (Lipinski definition) is 6. The molecule has 0 unspecified atom stereocenters. The van der Waals surface area contributed by atoms with E-state index in [2.05, 4.69) is 40.8 Å². The first-order chi connectivity index (χ1) is 8.15. The Balaban J connectivity index is -0.000000165. The summed E-state index contributed by atoms with van der Waals surface area (Å²) in [4.78, 5) is 0. The first-order valence-corrected chi connectivity index (χ1v) is 6.51. The molecule has 0 spiro atoms. The molecule has 0 saturated carbocycles. The van der Waals surface area contributed by atoms with Crippen molar-refractivity contribution in [1.82, 2.24) is 16.0 Å². The van der Waals surface area contributed by atoms with Gasteiger partial charge in [0.25, 0.3) is 0 Å². The Morgan fingerprint density at radius 3 is 1.26 bits per heavy atom. The zero-order valence-corrected chi connectivity index (χ0v) is 15.5. The third-order valence-electron chi connectivity index (χ3n) is 1.60. The fourth-order valence-corrected chi connectivity index (χ4v) is 0.933. The molecule has 0 atom stereocenters. The fourth-order valence-electron chi connectivity index (χ4n) is 0.933. The van der Waals surface area contributed by atoms with Crippen molar-refractivity contribution in [2.75, 3.05) is 52.4 Å². The molecule has 0 bridgehead atoms. The van der Waals surface area contributed by atoms with Gasteiger partial charge in [-0.25, -0.2) is 0 Å². The van der Waals surface area contributed by atoms with Gasteiger partial charge in [-0.2, -0.15) is 0 Å². The van der Waals surface area contributed by atoms with Crippen LogP contribution in [0.5, 0.6) is 0 Å². The summed E-state index contributed by atoms with van der Waals surface area (Å²) in [5.74, 6) is 0. The topological polar surface area (TPSA) is 148 Å². The summed E-state index contributed by atoms with van der Waals surface area (Å²) < 4.78 is 0.194. The van der Waals surface area contributed by atoms with Gasteiger partial charge in [-0.15, -0.1) is 12.6 Å². The molecule has 11 N–H and O–H groups in total. The van der Waals surface area contributed by atoms with Crippen molar-refractivity contribution in [3.8, 4) is 0 Å². The van der Waals surface area contributed by atoms with Gasteiger partial charge >= 0.3 is 29.6 Å². The van der Waals surface area contributed by atoms with Gasteiger partial charge in [0.05, 0.1) is 0 Å². The van der Waals surface area contributed by atoms with E-state index < -0.39 is 0 Å². The Kier molecular flexibility index (Phi) is 40.6. The summed E-state index contributed by atoms with van der Waals surface area (Å²) in [6.07, 6.45) is 0. The van der Waals surface area contributed by atoms with Crippen LogP contribution in [-0.4, -0.2) is 56.7 Å². The van der Waals surface area contributed by atoms with Crippen molar-refractivity contribution in [2.24, 2.45) is 17.2 Å². The van der Waals surface area contributed by atoms with E-state index in [1.807, 2.05) is 0 Å². The average Bonchev–Trinajstić information content (AvgIpc) is 2.26. The summed E-state index contributed by atoms with van der Waals surface area (Å²) in [5, 5.41) is 9.71. The summed E-state index contributed by atoms with van der Waals surface area (Å²) >= 11 is 7.65. The third kappa shape index (κ3) is 45.4. The molecule has 7 nitrogen and oxygen atoms in total. The molecule has 10 heteroatoms. The van der Waals surface area contributed by atoms with Crippen molar-refractivity contribution in [3.05, 3.63) is 6.15 Å². The Bertz CT molecular complexity index is 152. The SMILES string of the molecule is NC(=S)S.NCCNCCNCCNCCN.[NH2-].[Na+]. The van der Waals surface area contributed by atoms with Gasteiger partial charge in [0.15, 0.2) is 0 Å². The van der Waals surface area contributed by atoms with Crippen LogP contribution in [0.2, 0.25) is 0 Å². The van der Waals surface area contributed by atoms with Crippen molar-refractivity contribution in [3.63, 3.8) is 0 Å². The molecular weight excluding hydrogens is 293 g/mol. The Hall–Kier alpha value is 1.000. The molecule has 0 fully saturated rings. The van der Waals surface area contributed by atoms with Crippen LogP contribution in [0.3, 0.4) is 0 Å². The molecule has 112 valence electrons. The van der Waals surface area contributed by atoms with Crippen LogP contribution in [-0.2, 0) is 0 Å². The van der Waals surface area contributed by atoms with Crippen LogP contribution in [0.1, 0.15) is 0 Å². The summed E-state index contributed by atoms with van der Waals surface area (Å²) in [6, 6.07) is 0. The number of nitrogens with one attached hydrogen (secondary N) is 3. The first kappa shape index (κ1) is 28.2. The molecule has 0 radical (unpaired) electrons. The monoisotopic (exact) mass is 321 g/mol. The van der Waals surface area contributed by atoms with E-state index in [0.29, 0.717) is 13.1 Å². The van der Waals surface area contributed by atoms with Crippen LogP contribution in [0.25, 0.3) is 6.15 Å². The minimum Gasteiger partial charge on any atom is -0.693 e. The van der Waals surface area contributed by atoms with Crippen LogP contribution < -0.4 is 62.7 Å². The van der Waals surface area contributed by atoms with Gasteiger partial charge in [-0.3, -0.25) is 0 Å². The molecule has 0 aromatic carbocycles. The maximum Gasteiger partial charge on any atom is 1.00 e. The number of hydrogen-bond donors (Lipinski definition) is 7. The molecule has 0 heterocycles. The smallest absolute Gasteiger partial charge is 0.693 e. The molecule has 0 amide bonds. The number of nitrogens with two attached hydrogens (primary N) is 4. The van der Waals surface area contributed by atoms with E-state index in [-0.39, 0.29) is 40.0 Å². The quantitative estimate of drug-likeness (QED) is 0.0929. The van der Waals surface area contributed by atoms with Crippen LogP contribution in [0.15, 0.2) is 0 Å². The van der Waals surface area contributed by atoms with Crippen LogP contribution in [0, 0.1) is 0 Å². The van der Waals surface area contributed by atoms with Gasteiger partial charge in [-0.05, 0) is 0 Å². The maximum absolute atomic E-state index is 5.32. The maximum atomic E-state index is 5.32. The van der Waals surface area contributed by atoms with Gasteiger partial charge < -0.3 is 39.3 Å². The zero-order chi connectivity index (χ0) is 13.4. The van der Waals surface area contributed by atoms with E-state index in [1.54, 1.807) is 0 Å². The average molecular weight is 321 g/mol. The normalized spacial score (nSPS) is 8.58. The Morgan fingerprint density at radius 1 is 0.842 bits per heavy atom. The molecular formula is C9H28N7NaS2. The van der Waals surface area contributed by atoms with E-state index >= 15 is 0 Å². The second-order valence-corrected chi connectivity index (χ2v) is 4.39. The Morgan fingerprint density at radius 2 is 1.05 bits per heavy atom. The molecule has 0 aromatic rings. The van der Waals surface area contributed by atoms with Gasteiger partial charge in [0, 0.05) is 52.4 Å². The summed E-state index contributed by atoms with van der Waals surface area (Å²) in [7, 11) is 0. The van der Waals surface area contributed by atoms with Gasteiger partial charge in [0.1, 0.15) is 4.32 Å². The summed E-state index contributed by atoms with van der Waals surface area (Å²) in [5.41, 5.74) is 15.3. The minimum atomic E-state index is 0. The molecule has 0 aromatic heterocycles. The van der Waals surface area contributed by atoms with E-state index in [1.165, 1.54) is 0 Å². The second kappa shape index (κ2) is 27.4. The minimum absolute atomic E-state index is 0. The summed E-state index contributed by atoms with van der Waals surface area (Å²) in [6.45, 7) is 7.15. The largest absolute Gasteiger partial charge is 1.00 e. The zero-order valence-electron chi connectivity index (χ0n) is 11.8. The molecule has 0 aliphatic rings.